The van der Waals surface area contributed by atoms with Gasteiger partial charge >= 0.3 is 0 Å². The Morgan fingerprint density at radius 2 is 1.94 bits per heavy atom. The van der Waals surface area contributed by atoms with Crippen LogP contribution in [0.4, 0.5) is 5.95 Å². The number of anilines is 1. The van der Waals surface area contributed by atoms with E-state index < -0.39 is 0 Å². The third-order valence-corrected chi connectivity index (χ3v) is 2.71. The molecule has 0 radical (unpaired) electrons. The van der Waals surface area contributed by atoms with Crippen molar-refractivity contribution in [1.82, 2.24) is 9.97 Å². The standard InChI is InChI=1S/C13H23N3O/c1-9(2)11(5)8-15-13-14-7-6-12(16-13)17-10(3)4/h6-7,9-11H,8H2,1-5H3,(H,14,15,16). The maximum absolute atomic E-state index is 5.52. The summed E-state index contributed by atoms with van der Waals surface area (Å²) in [4.78, 5) is 8.48. The third-order valence-electron chi connectivity index (χ3n) is 2.71. The molecular weight excluding hydrogens is 214 g/mol. The molecule has 1 unspecified atom stereocenters. The van der Waals surface area contributed by atoms with Gasteiger partial charge in [0.25, 0.3) is 0 Å². The summed E-state index contributed by atoms with van der Waals surface area (Å²) in [5.41, 5.74) is 0. The molecule has 1 rings (SSSR count). The summed E-state index contributed by atoms with van der Waals surface area (Å²) in [7, 11) is 0. The number of ether oxygens (including phenoxy) is 1. The summed E-state index contributed by atoms with van der Waals surface area (Å²) in [5, 5.41) is 3.24. The molecular formula is C13H23N3O. The van der Waals surface area contributed by atoms with Crippen LogP contribution in [0.1, 0.15) is 34.6 Å². The normalized spacial score (nSPS) is 12.9. The fourth-order valence-electron chi connectivity index (χ4n) is 1.22. The summed E-state index contributed by atoms with van der Waals surface area (Å²) in [6.45, 7) is 11.5. The maximum atomic E-state index is 5.52. The average molecular weight is 237 g/mol. The summed E-state index contributed by atoms with van der Waals surface area (Å²) in [6, 6.07) is 1.77. The first-order chi connectivity index (χ1) is 7.99. The van der Waals surface area contributed by atoms with Gasteiger partial charge in [-0.1, -0.05) is 20.8 Å². The van der Waals surface area contributed by atoms with E-state index in [4.69, 9.17) is 4.74 Å². The Hall–Kier alpha value is -1.32. The van der Waals surface area contributed by atoms with Gasteiger partial charge < -0.3 is 10.1 Å². The van der Waals surface area contributed by atoms with E-state index in [1.165, 1.54) is 0 Å². The van der Waals surface area contributed by atoms with Gasteiger partial charge in [0, 0.05) is 18.8 Å². The summed E-state index contributed by atoms with van der Waals surface area (Å²) < 4.78 is 5.52. The molecule has 0 aliphatic heterocycles. The highest BCUT2D eigenvalue weighted by Gasteiger charge is 2.08. The van der Waals surface area contributed by atoms with E-state index in [1.54, 1.807) is 12.3 Å². The van der Waals surface area contributed by atoms with Crippen LogP contribution in [0.3, 0.4) is 0 Å². The molecule has 0 aromatic carbocycles. The number of rotatable bonds is 6. The zero-order valence-corrected chi connectivity index (χ0v) is 11.4. The smallest absolute Gasteiger partial charge is 0.225 e. The van der Waals surface area contributed by atoms with E-state index in [9.17, 15) is 0 Å². The molecule has 0 bridgehead atoms. The van der Waals surface area contributed by atoms with Gasteiger partial charge in [-0.2, -0.15) is 4.98 Å². The van der Waals surface area contributed by atoms with Crippen molar-refractivity contribution in [2.45, 2.75) is 40.7 Å². The fraction of sp³-hybridized carbons (Fsp3) is 0.692. The lowest BCUT2D eigenvalue weighted by Crippen LogP contribution is -2.17. The quantitative estimate of drug-likeness (QED) is 0.826. The predicted octanol–water partition coefficient (Wildman–Crippen LogP) is 2.97. The van der Waals surface area contributed by atoms with E-state index in [1.807, 2.05) is 13.8 Å². The summed E-state index contributed by atoms with van der Waals surface area (Å²) in [5.74, 6) is 2.50. The van der Waals surface area contributed by atoms with Crippen LogP contribution >= 0.6 is 0 Å². The Morgan fingerprint density at radius 1 is 1.24 bits per heavy atom. The number of nitrogens with zero attached hydrogens (tertiary/aromatic N) is 2. The van der Waals surface area contributed by atoms with E-state index in [0.29, 0.717) is 23.7 Å². The first kappa shape index (κ1) is 13.7. The summed E-state index contributed by atoms with van der Waals surface area (Å²) >= 11 is 0. The molecule has 0 saturated carbocycles. The minimum Gasteiger partial charge on any atom is -0.475 e. The molecule has 17 heavy (non-hydrogen) atoms. The van der Waals surface area contributed by atoms with Crippen molar-refractivity contribution in [2.24, 2.45) is 11.8 Å². The van der Waals surface area contributed by atoms with E-state index in [2.05, 4.69) is 36.1 Å². The Kier molecular flexibility index (Phi) is 5.19. The van der Waals surface area contributed by atoms with Crippen molar-refractivity contribution in [2.75, 3.05) is 11.9 Å². The predicted molar refractivity (Wildman–Crippen MR) is 70.3 cm³/mol. The molecule has 1 atom stereocenters. The largest absolute Gasteiger partial charge is 0.475 e. The fourth-order valence-corrected chi connectivity index (χ4v) is 1.22. The first-order valence-corrected chi connectivity index (χ1v) is 6.22. The van der Waals surface area contributed by atoms with Crippen LogP contribution in [0.2, 0.25) is 0 Å². The molecule has 1 N–H and O–H groups in total. The van der Waals surface area contributed by atoms with Crippen LogP contribution in [0.25, 0.3) is 0 Å². The van der Waals surface area contributed by atoms with Gasteiger partial charge in [-0.15, -0.1) is 0 Å². The van der Waals surface area contributed by atoms with E-state index in [0.717, 1.165) is 6.54 Å². The molecule has 0 amide bonds. The van der Waals surface area contributed by atoms with Crippen LogP contribution in [0, 0.1) is 11.8 Å². The Balaban J connectivity index is 2.54. The lowest BCUT2D eigenvalue weighted by molar-refractivity contribution is 0.232. The van der Waals surface area contributed by atoms with Crippen molar-refractivity contribution < 1.29 is 4.74 Å². The second kappa shape index (κ2) is 6.42. The zero-order chi connectivity index (χ0) is 12.8. The minimum absolute atomic E-state index is 0.132. The molecule has 0 saturated heterocycles. The highest BCUT2D eigenvalue weighted by Crippen LogP contribution is 2.13. The van der Waals surface area contributed by atoms with Gasteiger partial charge in [-0.3, -0.25) is 0 Å². The Bertz CT molecular complexity index is 339. The van der Waals surface area contributed by atoms with Gasteiger partial charge in [0.2, 0.25) is 11.8 Å². The highest BCUT2D eigenvalue weighted by atomic mass is 16.5. The molecule has 0 aliphatic rings. The second-order valence-corrected chi connectivity index (χ2v) is 4.99. The Morgan fingerprint density at radius 3 is 2.53 bits per heavy atom. The zero-order valence-electron chi connectivity index (χ0n) is 11.4. The number of hydrogen-bond donors (Lipinski definition) is 1. The van der Waals surface area contributed by atoms with Gasteiger partial charge in [0.15, 0.2) is 0 Å². The number of nitrogens with one attached hydrogen (secondary N) is 1. The van der Waals surface area contributed by atoms with Crippen molar-refractivity contribution in [3.8, 4) is 5.88 Å². The first-order valence-electron chi connectivity index (χ1n) is 6.22. The minimum atomic E-state index is 0.132. The number of aromatic nitrogens is 2. The van der Waals surface area contributed by atoms with Crippen molar-refractivity contribution >= 4 is 5.95 Å². The van der Waals surface area contributed by atoms with Gasteiger partial charge in [0.05, 0.1) is 6.10 Å². The molecule has 0 spiro atoms. The van der Waals surface area contributed by atoms with E-state index >= 15 is 0 Å². The monoisotopic (exact) mass is 237 g/mol. The topological polar surface area (TPSA) is 47.0 Å². The van der Waals surface area contributed by atoms with Crippen molar-refractivity contribution in [3.63, 3.8) is 0 Å². The molecule has 4 nitrogen and oxygen atoms in total. The molecule has 4 heteroatoms. The van der Waals surface area contributed by atoms with Gasteiger partial charge in [-0.25, -0.2) is 4.98 Å². The molecule has 1 aromatic rings. The third kappa shape index (κ3) is 5.02. The summed E-state index contributed by atoms with van der Waals surface area (Å²) in [6.07, 6.45) is 1.85. The van der Waals surface area contributed by atoms with Crippen molar-refractivity contribution in [3.05, 3.63) is 12.3 Å². The van der Waals surface area contributed by atoms with E-state index in [-0.39, 0.29) is 6.10 Å². The van der Waals surface area contributed by atoms with Crippen LogP contribution < -0.4 is 10.1 Å². The van der Waals surface area contributed by atoms with Crippen LogP contribution in [-0.2, 0) is 0 Å². The molecule has 96 valence electrons. The molecule has 0 aliphatic carbocycles. The lowest BCUT2D eigenvalue weighted by atomic mass is 9.98. The van der Waals surface area contributed by atoms with Crippen LogP contribution in [0.15, 0.2) is 12.3 Å². The molecule has 0 fully saturated rings. The molecule has 1 aromatic heterocycles. The maximum Gasteiger partial charge on any atom is 0.225 e. The van der Waals surface area contributed by atoms with Gasteiger partial charge in [-0.05, 0) is 25.7 Å². The SMILES string of the molecule is CC(C)Oc1ccnc(NCC(C)C(C)C)n1. The average Bonchev–Trinajstić information content (AvgIpc) is 2.25. The lowest BCUT2D eigenvalue weighted by Gasteiger charge is -2.16. The van der Waals surface area contributed by atoms with Crippen molar-refractivity contribution in [1.29, 1.82) is 0 Å². The highest BCUT2D eigenvalue weighted by molar-refractivity contribution is 5.27. The second-order valence-electron chi connectivity index (χ2n) is 4.99. The van der Waals surface area contributed by atoms with Crippen LogP contribution in [-0.4, -0.2) is 22.6 Å². The number of hydrogen-bond acceptors (Lipinski definition) is 4. The molecule has 1 heterocycles. The Labute approximate surface area is 104 Å². The van der Waals surface area contributed by atoms with Gasteiger partial charge in [0.1, 0.15) is 0 Å². The van der Waals surface area contributed by atoms with Crippen LogP contribution in [0.5, 0.6) is 5.88 Å².